The van der Waals surface area contributed by atoms with Crippen LogP contribution in [0.25, 0.3) is 0 Å². The third kappa shape index (κ3) is 3.09. The lowest BCUT2D eigenvalue weighted by molar-refractivity contribution is 0.0964. The first-order valence-corrected chi connectivity index (χ1v) is 6.35. The maximum Gasteiger partial charge on any atom is 0.253 e. The summed E-state index contributed by atoms with van der Waals surface area (Å²) in [5, 5.41) is 17.8. The van der Waals surface area contributed by atoms with Gasteiger partial charge in [0.25, 0.3) is 5.91 Å². The van der Waals surface area contributed by atoms with Gasteiger partial charge in [-0.3, -0.25) is 4.79 Å². The van der Waals surface area contributed by atoms with Gasteiger partial charge in [-0.2, -0.15) is 5.26 Å². The van der Waals surface area contributed by atoms with Crippen molar-refractivity contribution < 1.29 is 4.79 Å². The van der Waals surface area contributed by atoms with Crippen molar-refractivity contribution in [3.63, 3.8) is 0 Å². The molecular weight excluding hydrogens is 266 g/mol. The summed E-state index contributed by atoms with van der Waals surface area (Å²) < 4.78 is 0. The molecule has 0 unspecified atom stereocenters. The van der Waals surface area contributed by atoms with Crippen LogP contribution < -0.4 is 16.0 Å². The first-order valence-electron chi connectivity index (χ1n) is 6.35. The van der Waals surface area contributed by atoms with E-state index in [-0.39, 0.29) is 5.91 Å². The molecule has 0 saturated carbocycles. The van der Waals surface area contributed by atoms with Crippen LogP contribution in [-0.2, 0) is 0 Å². The number of rotatable bonds is 4. The van der Waals surface area contributed by atoms with E-state index in [0.717, 1.165) is 0 Å². The molecule has 0 radical (unpaired) electrons. The van der Waals surface area contributed by atoms with E-state index < -0.39 is 0 Å². The minimum Gasteiger partial charge on any atom is -0.373 e. The Bertz CT molecular complexity index is 705. The largest absolute Gasteiger partial charge is 0.373 e. The highest BCUT2D eigenvalue weighted by Gasteiger charge is 2.11. The zero-order chi connectivity index (χ0) is 15.2. The van der Waals surface area contributed by atoms with E-state index in [2.05, 4.69) is 27.0 Å². The summed E-state index contributed by atoms with van der Waals surface area (Å²) in [4.78, 5) is 16.0. The van der Waals surface area contributed by atoms with Crippen molar-refractivity contribution in [2.45, 2.75) is 0 Å². The Morgan fingerprint density at radius 1 is 1.24 bits per heavy atom. The van der Waals surface area contributed by atoms with Gasteiger partial charge in [0.1, 0.15) is 11.9 Å². The highest BCUT2D eigenvalue weighted by atomic mass is 16.1. The predicted octanol–water partition coefficient (Wildman–Crippen LogP) is 2.10. The number of nitrogens with one attached hydrogen (secondary N) is 3. The molecule has 6 heteroatoms. The molecule has 6 nitrogen and oxygen atoms in total. The van der Waals surface area contributed by atoms with Gasteiger partial charge in [0.2, 0.25) is 0 Å². The highest BCUT2D eigenvalue weighted by Crippen LogP contribution is 2.25. The van der Waals surface area contributed by atoms with Crippen molar-refractivity contribution >= 4 is 23.1 Å². The van der Waals surface area contributed by atoms with Crippen LogP contribution in [0.15, 0.2) is 36.5 Å². The molecule has 1 heterocycles. The van der Waals surface area contributed by atoms with Crippen LogP contribution in [0.2, 0.25) is 0 Å². The number of carbonyl (C=O) groups is 1. The van der Waals surface area contributed by atoms with Crippen molar-refractivity contribution in [3.05, 3.63) is 47.7 Å². The van der Waals surface area contributed by atoms with E-state index in [1.54, 1.807) is 38.4 Å². The maximum absolute atomic E-state index is 11.9. The molecular formula is C15H15N5O. The van der Waals surface area contributed by atoms with Crippen molar-refractivity contribution in [2.75, 3.05) is 24.7 Å². The smallest absolute Gasteiger partial charge is 0.253 e. The molecule has 2 rings (SSSR count). The molecule has 21 heavy (non-hydrogen) atoms. The Labute approximate surface area is 122 Å². The number of carbonyl (C=O) groups excluding carboxylic acids is 1. The second kappa shape index (κ2) is 6.39. The molecule has 1 amide bonds. The van der Waals surface area contributed by atoms with Gasteiger partial charge in [-0.05, 0) is 12.1 Å². The minimum absolute atomic E-state index is 0.195. The van der Waals surface area contributed by atoms with E-state index in [1.165, 1.54) is 6.20 Å². The Kier molecular flexibility index (Phi) is 4.36. The number of nitriles is 1. The number of benzene rings is 1. The first-order chi connectivity index (χ1) is 10.2. The lowest BCUT2D eigenvalue weighted by atomic mass is 10.1. The number of anilines is 3. The third-order valence-electron chi connectivity index (χ3n) is 2.95. The van der Waals surface area contributed by atoms with E-state index in [0.29, 0.717) is 28.3 Å². The van der Waals surface area contributed by atoms with Crippen LogP contribution in [-0.4, -0.2) is 25.0 Å². The monoisotopic (exact) mass is 281 g/mol. The van der Waals surface area contributed by atoms with Gasteiger partial charge in [0.05, 0.1) is 22.5 Å². The topological polar surface area (TPSA) is 89.8 Å². The molecule has 0 aliphatic heterocycles. The van der Waals surface area contributed by atoms with Gasteiger partial charge in [-0.25, -0.2) is 4.98 Å². The number of hydrogen-bond acceptors (Lipinski definition) is 5. The summed E-state index contributed by atoms with van der Waals surface area (Å²) in [5.41, 5.74) is 2.13. The van der Waals surface area contributed by atoms with E-state index in [4.69, 9.17) is 5.26 Å². The second-order valence-corrected chi connectivity index (χ2v) is 4.23. The average Bonchev–Trinajstić information content (AvgIpc) is 2.54. The number of para-hydroxylation sites is 1. The molecule has 1 aromatic carbocycles. The van der Waals surface area contributed by atoms with Crippen LogP contribution in [0, 0.1) is 11.3 Å². The molecule has 106 valence electrons. The number of hydrogen-bond donors (Lipinski definition) is 3. The van der Waals surface area contributed by atoms with Crippen molar-refractivity contribution in [2.24, 2.45) is 0 Å². The molecule has 1 aromatic heterocycles. The predicted molar refractivity (Wildman–Crippen MR) is 81.6 cm³/mol. The molecule has 0 saturated heterocycles. The Balaban J connectivity index is 2.43. The highest BCUT2D eigenvalue weighted by molar-refractivity contribution is 6.00. The number of pyridine rings is 1. The second-order valence-electron chi connectivity index (χ2n) is 4.23. The zero-order valence-electron chi connectivity index (χ0n) is 11.8. The standard InChI is InChI=1S/C15H15N5O/c1-17-14-7-13(10(8-16)9-19-14)20-12-6-4-3-5-11(12)15(21)18-2/h3-7,9H,1-2H3,(H,18,21)(H2,17,19,20). The summed E-state index contributed by atoms with van der Waals surface area (Å²) >= 11 is 0. The van der Waals surface area contributed by atoms with Crippen LogP contribution in [0.1, 0.15) is 15.9 Å². The van der Waals surface area contributed by atoms with Crippen molar-refractivity contribution in [1.82, 2.24) is 10.3 Å². The molecule has 2 aromatic rings. The fourth-order valence-corrected chi connectivity index (χ4v) is 1.85. The zero-order valence-corrected chi connectivity index (χ0v) is 11.8. The molecule has 0 spiro atoms. The van der Waals surface area contributed by atoms with Gasteiger partial charge in [-0.15, -0.1) is 0 Å². The van der Waals surface area contributed by atoms with Gasteiger partial charge >= 0.3 is 0 Å². The maximum atomic E-state index is 11.9. The van der Waals surface area contributed by atoms with Gasteiger partial charge in [-0.1, -0.05) is 12.1 Å². The summed E-state index contributed by atoms with van der Waals surface area (Å²) in [6.07, 6.45) is 1.48. The number of amides is 1. The van der Waals surface area contributed by atoms with Crippen LogP contribution in [0.4, 0.5) is 17.2 Å². The van der Waals surface area contributed by atoms with E-state index in [9.17, 15) is 4.79 Å². The van der Waals surface area contributed by atoms with Crippen molar-refractivity contribution in [1.29, 1.82) is 5.26 Å². The SMILES string of the molecule is CNC(=O)c1ccccc1Nc1cc(NC)ncc1C#N. The first kappa shape index (κ1) is 14.3. The average molecular weight is 281 g/mol. The van der Waals surface area contributed by atoms with E-state index in [1.807, 2.05) is 6.07 Å². The Hall–Kier alpha value is -3.07. The fourth-order valence-electron chi connectivity index (χ4n) is 1.85. The molecule has 3 N–H and O–H groups in total. The molecule has 0 aliphatic carbocycles. The Morgan fingerprint density at radius 3 is 2.67 bits per heavy atom. The van der Waals surface area contributed by atoms with Crippen LogP contribution >= 0.6 is 0 Å². The summed E-state index contributed by atoms with van der Waals surface area (Å²) in [6.45, 7) is 0. The van der Waals surface area contributed by atoms with Gasteiger partial charge in [0.15, 0.2) is 0 Å². The normalized spacial score (nSPS) is 9.57. The molecule has 0 aliphatic rings. The molecule has 0 atom stereocenters. The summed E-state index contributed by atoms with van der Waals surface area (Å²) in [6, 6.07) is 10.9. The number of aromatic nitrogens is 1. The number of nitrogens with zero attached hydrogens (tertiary/aromatic N) is 2. The van der Waals surface area contributed by atoms with Crippen LogP contribution in [0.3, 0.4) is 0 Å². The molecule has 0 fully saturated rings. The summed E-state index contributed by atoms with van der Waals surface area (Å²) in [7, 11) is 3.32. The van der Waals surface area contributed by atoms with Gasteiger partial charge < -0.3 is 16.0 Å². The quantitative estimate of drug-likeness (QED) is 0.798. The lowest BCUT2D eigenvalue weighted by Gasteiger charge is -2.13. The third-order valence-corrected chi connectivity index (χ3v) is 2.95. The van der Waals surface area contributed by atoms with E-state index >= 15 is 0 Å². The van der Waals surface area contributed by atoms with Crippen molar-refractivity contribution in [3.8, 4) is 6.07 Å². The lowest BCUT2D eigenvalue weighted by Crippen LogP contribution is -2.19. The van der Waals surface area contributed by atoms with Crippen LogP contribution in [0.5, 0.6) is 0 Å². The fraction of sp³-hybridized carbons (Fsp3) is 0.133. The summed E-state index contributed by atoms with van der Waals surface area (Å²) in [5.74, 6) is 0.438. The minimum atomic E-state index is -0.195. The van der Waals surface area contributed by atoms with Gasteiger partial charge in [0, 0.05) is 26.4 Å². The molecule has 0 bridgehead atoms. The Morgan fingerprint density at radius 2 is 2.00 bits per heavy atom.